The molecular weight excluding hydrogens is 234 g/mol. The third-order valence-electron chi connectivity index (χ3n) is 2.56. The van der Waals surface area contributed by atoms with Gasteiger partial charge in [0.2, 0.25) is 0 Å². The monoisotopic (exact) mass is 247 g/mol. The quantitative estimate of drug-likeness (QED) is 0.877. The van der Waals surface area contributed by atoms with Crippen molar-refractivity contribution in [1.29, 1.82) is 0 Å². The van der Waals surface area contributed by atoms with Gasteiger partial charge < -0.3 is 5.32 Å². The summed E-state index contributed by atoms with van der Waals surface area (Å²) in [5.74, 6) is 0.699. The van der Waals surface area contributed by atoms with Gasteiger partial charge in [-0.2, -0.15) is 0 Å². The number of hydrogen-bond donors (Lipinski definition) is 1. The van der Waals surface area contributed by atoms with E-state index in [2.05, 4.69) is 48.4 Å². The van der Waals surface area contributed by atoms with Crippen molar-refractivity contribution in [1.82, 2.24) is 10.2 Å². The van der Waals surface area contributed by atoms with Gasteiger partial charge in [0, 0.05) is 5.69 Å². The van der Waals surface area contributed by atoms with Crippen LogP contribution < -0.4 is 5.32 Å². The molecule has 1 aromatic heterocycles. The minimum absolute atomic E-state index is 0.396. The van der Waals surface area contributed by atoms with Crippen LogP contribution in [-0.4, -0.2) is 10.2 Å². The lowest BCUT2D eigenvalue weighted by atomic mass is 10.1. The fraction of sp³-hybridized carbons (Fsp3) is 0.231. The summed E-state index contributed by atoms with van der Waals surface area (Å²) >= 11 is 5.70. The maximum Gasteiger partial charge on any atom is 0.153 e. The summed E-state index contributed by atoms with van der Waals surface area (Å²) in [6.45, 7) is 6.24. The van der Waals surface area contributed by atoms with Crippen molar-refractivity contribution < 1.29 is 0 Å². The Hall–Kier alpha value is -1.61. The molecule has 1 heterocycles. The van der Waals surface area contributed by atoms with Crippen LogP contribution in [0.15, 0.2) is 24.3 Å². The Balaban J connectivity index is 2.33. The average molecular weight is 248 g/mol. The molecule has 3 nitrogen and oxygen atoms in total. The van der Waals surface area contributed by atoms with E-state index in [-0.39, 0.29) is 0 Å². The van der Waals surface area contributed by atoms with Gasteiger partial charge in [0.25, 0.3) is 0 Å². The van der Waals surface area contributed by atoms with Gasteiger partial charge >= 0.3 is 0 Å². The Bertz CT molecular complexity index is 512. The predicted octanol–water partition coefficient (Wildman–Crippen LogP) is 3.80. The highest BCUT2D eigenvalue weighted by Crippen LogP contribution is 2.24. The molecule has 0 bridgehead atoms. The highest BCUT2D eigenvalue weighted by atomic mass is 35.5. The molecule has 17 heavy (non-hydrogen) atoms. The molecule has 0 spiro atoms. The van der Waals surface area contributed by atoms with Gasteiger partial charge in [0.1, 0.15) is 0 Å². The van der Waals surface area contributed by atoms with E-state index in [1.807, 2.05) is 6.07 Å². The molecule has 4 heteroatoms. The highest BCUT2D eigenvalue weighted by molar-refractivity contribution is 6.29. The van der Waals surface area contributed by atoms with E-state index in [1.165, 1.54) is 16.7 Å². The zero-order valence-corrected chi connectivity index (χ0v) is 10.8. The van der Waals surface area contributed by atoms with Crippen LogP contribution in [-0.2, 0) is 0 Å². The normalized spacial score (nSPS) is 10.4. The summed E-state index contributed by atoms with van der Waals surface area (Å²) in [6.07, 6.45) is 0. The minimum atomic E-state index is 0.396. The Kier molecular flexibility index (Phi) is 3.29. The lowest BCUT2D eigenvalue weighted by Crippen LogP contribution is -1.99. The SMILES string of the molecule is Cc1cc(C)c(Nc2ccc(Cl)nn2)c(C)c1. The molecule has 2 rings (SSSR count). The zero-order chi connectivity index (χ0) is 12.4. The van der Waals surface area contributed by atoms with Crippen molar-refractivity contribution in [2.75, 3.05) is 5.32 Å². The van der Waals surface area contributed by atoms with Gasteiger partial charge in [0.15, 0.2) is 11.0 Å². The topological polar surface area (TPSA) is 37.8 Å². The number of halogens is 1. The number of nitrogens with one attached hydrogen (secondary N) is 1. The number of hydrogen-bond acceptors (Lipinski definition) is 3. The number of rotatable bonds is 2. The summed E-state index contributed by atoms with van der Waals surface area (Å²) < 4.78 is 0. The molecule has 0 unspecified atom stereocenters. The van der Waals surface area contributed by atoms with Crippen LogP contribution in [0.2, 0.25) is 5.15 Å². The molecule has 0 radical (unpaired) electrons. The van der Waals surface area contributed by atoms with Gasteiger partial charge in [-0.1, -0.05) is 29.3 Å². The smallest absolute Gasteiger partial charge is 0.153 e. The molecule has 0 fully saturated rings. The van der Waals surface area contributed by atoms with Gasteiger partial charge in [-0.05, 0) is 44.0 Å². The molecule has 0 saturated carbocycles. The van der Waals surface area contributed by atoms with E-state index in [0.717, 1.165) is 5.69 Å². The molecule has 0 aliphatic carbocycles. The summed E-state index contributed by atoms with van der Waals surface area (Å²) in [6, 6.07) is 7.81. The summed E-state index contributed by atoms with van der Waals surface area (Å²) in [7, 11) is 0. The molecule has 0 atom stereocenters. The van der Waals surface area contributed by atoms with Gasteiger partial charge in [-0.25, -0.2) is 0 Å². The third kappa shape index (κ3) is 2.74. The summed E-state index contributed by atoms with van der Waals surface area (Å²) in [4.78, 5) is 0. The lowest BCUT2D eigenvalue weighted by molar-refractivity contribution is 1.03. The Morgan fingerprint density at radius 1 is 1.00 bits per heavy atom. The van der Waals surface area contributed by atoms with Crippen molar-refractivity contribution in [3.8, 4) is 0 Å². The number of anilines is 2. The molecule has 0 amide bonds. The van der Waals surface area contributed by atoms with Gasteiger partial charge in [-0.3, -0.25) is 0 Å². The lowest BCUT2D eigenvalue weighted by Gasteiger charge is -2.12. The second-order valence-corrected chi connectivity index (χ2v) is 4.53. The first-order valence-electron chi connectivity index (χ1n) is 5.40. The fourth-order valence-corrected chi connectivity index (χ4v) is 1.99. The Labute approximate surface area is 106 Å². The van der Waals surface area contributed by atoms with Gasteiger partial charge in [-0.15, -0.1) is 10.2 Å². The number of nitrogens with zero attached hydrogens (tertiary/aromatic N) is 2. The number of aromatic nitrogens is 2. The molecular formula is C13H14ClN3. The highest BCUT2D eigenvalue weighted by Gasteiger charge is 2.05. The van der Waals surface area contributed by atoms with E-state index in [1.54, 1.807) is 6.07 Å². The van der Waals surface area contributed by atoms with Crippen LogP contribution in [0.25, 0.3) is 0 Å². The molecule has 0 saturated heterocycles. The second-order valence-electron chi connectivity index (χ2n) is 4.14. The zero-order valence-electron chi connectivity index (χ0n) is 10.1. The first-order chi connectivity index (χ1) is 8.06. The maximum atomic E-state index is 5.70. The van der Waals surface area contributed by atoms with Crippen molar-refractivity contribution in [2.24, 2.45) is 0 Å². The largest absolute Gasteiger partial charge is 0.338 e. The van der Waals surface area contributed by atoms with Crippen LogP contribution in [0.3, 0.4) is 0 Å². The first kappa shape index (κ1) is 11.9. The van der Waals surface area contributed by atoms with Crippen LogP contribution in [0, 0.1) is 20.8 Å². The molecule has 1 N–H and O–H groups in total. The molecule has 0 aliphatic heterocycles. The first-order valence-corrected chi connectivity index (χ1v) is 5.78. The van der Waals surface area contributed by atoms with Crippen LogP contribution in [0.4, 0.5) is 11.5 Å². The van der Waals surface area contributed by atoms with Crippen LogP contribution in [0.5, 0.6) is 0 Å². The average Bonchev–Trinajstić information content (AvgIpc) is 2.26. The second kappa shape index (κ2) is 4.72. The Morgan fingerprint density at radius 2 is 1.65 bits per heavy atom. The molecule has 0 aliphatic rings. The molecule has 2 aromatic rings. The minimum Gasteiger partial charge on any atom is -0.338 e. The van der Waals surface area contributed by atoms with E-state index in [9.17, 15) is 0 Å². The van der Waals surface area contributed by atoms with E-state index >= 15 is 0 Å². The summed E-state index contributed by atoms with van der Waals surface area (Å²) in [5, 5.41) is 11.4. The van der Waals surface area contributed by atoms with Crippen LogP contribution in [0.1, 0.15) is 16.7 Å². The molecule has 88 valence electrons. The number of aryl methyl sites for hydroxylation is 3. The summed E-state index contributed by atoms with van der Waals surface area (Å²) in [5.41, 5.74) is 4.72. The van der Waals surface area contributed by atoms with E-state index in [0.29, 0.717) is 11.0 Å². The third-order valence-corrected chi connectivity index (χ3v) is 2.76. The molecule has 1 aromatic carbocycles. The maximum absolute atomic E-state index is 5.70. The van der Waals surface area contributed by atoms with E-state index < -0.39 is 0 Å². The standard InChI is InChI=1S/C13H14ClN3/c1-8-6-9(2)13(10(3)7-8)15-12-5-4-11(14)16-17-12/h4-7H,1-3H3,(H,15,17). The van der Waals surface area contributed by atoms with E-state index in [4.69, 9.17) is 11.6 Å². The van der Waals surface area contributed by atoms with Crippen molar-refractivity contribution in [2.45, 2.75) is 20.8 Å². The van der Waals surface area contributed by atoms with Crippen molar-refractivity contribution in [3.63, 3.8) is 0 Å². The Morgan fingerprint density at radius 3 is 2.18 bits per heavy atom. The van der Waals surface area contributed by atoms with Crippen molar-refractivity contribution >= 4 is 23.1 Å². The predicted molar refractivity (Wildman–Crippen MR) is 71.0 cm³/mol. The van der Waals surface area contributed by atoms with Gasteiger partial charge in [0.05, 0.1) is 0 Å². The van der Waals surface area contributed by atoms with Crippen LogP contribution >= 0.6 is 11.6 Å². The number of benzene rings is 1. The fourth-order valence-electron chi connectivity index (χ4n) is 1.89. The van der Waals surface area contributed by atoms with Crippen molar-refractivity contribution in [3.05, 3.63) is 46.1 Å².